The van der Waals surface area contributed by atoms with Gasteiger partial charge in [0.2, 0.25) is 0 Å². The van der Waals surface area contributed by atoms with E-state index in [2.05, 4.69) is 5.32 Å². The van der Waals surface area contributed by atoms with Crippen LogP contribution in [0.3, 0.4) is 0 Å². The highest BCUT2D eigenvalue weighted by molar-refractivity contribution is 5.94. The predicted molar refractivity (Wildman–Crippen MR) is 61.2 cm³/mol. The smallest absolute Gasteiger partial charge is 0.251 e. The van der Waals surface area contributed by atoms with Crippen molar-refractivity contribution in [3.05, 3.63) is 35.4 Å². The van der Waals surface area contributed by atoms with E-state index >= 15 is 0 Å². The fraction of sp³-hybridized carbons (Fsp3) is 0.417. The van der Waals surface area contributed by atoms with E-state index < -0.39 is 6.10 Å². The lowest BCUT2D eigenvalue weighted by atomic mass is 10.1. The van der Waals surface area contributed by atoms with Crippen LogP contribution in [0.15, 0.2) is 24.3 Å². The number of hydrogen-bond acceptors (Lipinski definition) is 3. The third-order valence-electron chi connectivity index (χ3n) is 2.33. The second-order valence-electron chi connectivity index (χ2n) is 3.60. The largest absolute Gasteiger partial charge is 0.394 e. The minimum absolute atomic E-state index is 0.0604. The molecule has 0 fully saturated rings. The number of hydrogen-bond donors (Lipinski definition) is 3. The standard InChI is InChI=1S/C12H17NO3/c1-2-9-3-5-10(6-4-9)12(16)13-7-11(15)8-14/h3-6,11,14-15H,2,7-8H2,1H3,(H,13,16)/t11-/m1/s1. The van der Waals surface area contributed by atoms with Gasteiger partial charge in [-0.05, 0) is 24.1 Å². The van der Waals surface area contributed by atoms with Gasteiger partial charge in [-0.15, -0.1) is 0 Å². The minimum atomic E-state index is -0.904. The van der Waals surface area contributed by atoms with E-state index in [1.165, 1.54) is 5.56 Å². The van der Waals surface area contributed by atoms with E-state index in [1.807, 2.05) is 19.1 Å². The van der Waals surface area contributed by atoms with Crippen LogP contribution in [0.4, 0.5) is 0 Å². The summed E-state index contributed by atoms with van der Waals surface area (Å²) in [5.74, 6) is -0.241. The van der Waals surface area contributed by atoms with Crippen LogP contribution in [-0.2, 0) is 6.42 Å². The van der Waals surface area contributed by atoms with Crippen molar-refractivity contribution >= 4 is 5.91 Å². The molecule has 88 valence electrons. The van der Waals surface area contributed by atoms with E-state index in [1.54, 1.807) is 12.1 Å². The number of benzene rings is 1. The first-order chi connectivity index (χ1) is 7.67. The lowest BCUT2D eigenvalue weighted by Gasteiger charge is -2.09. The van der Waals surface area contributed by atoms with Gasteiger partial charge in [0.15, 0.2) is 0 Å². The number of rotatable bonds is 5. The highest BCUT2D eigenvalue weighted by Gasteiger charge is 2.07. The lowest BCUT2D eigenvalue weighted by Crippen LogP contribution is -2.33. The summed E-state index contributed by atoms with van der Waals surface area (Å²) >= 11 is 0. The highest BCUT2D eigenvalue weighted by atomic mass is 16.3. The van der Waals surface area contributed by atoms with Gasteiger partial charge in [0.1, 0.15) is 0 Å². The predicted octanol–water partition coefficient (Wildman–Crippen LogP) is 0.332. The molecule has 16 heavy (non-hydrogen) atoms. The Kier molecular flexibility index (Phi) is 4.95. The molecule has 0 unspecified atom stereocenters. The molecule has 0 saturated carbocycles. The van der Waals surface area contributed by atoms with Crippen LogP contribution in [0.5, 0.6) is 0 Å². The summed E-state index contributed by atoms with van der Waals surface area (Å²) in [5, 5.41) is 20.2. The fourth-order valence-corrected chi connectivity index (χ4v) is 1.27. The molecule has 4 heteroatoms. The molecule has 0 radical (unpaired) electrons. The lowest BCUT2D eigenvalue weighted by molar-refractivity contribution is 0.0802. The minimum Gasteiger partial charge on any atom is -0.394 e. The zero-order valence-corrected chi connectivity index (χ0v) is 9.31. The Balaban J connectivity index is 2.52. The maximum Gasteiger partial charge on any atom is 0.251 e. The summed E-state index contributed by atoms with van der Waals surface area (Å²) in [6.07, 6.45) is 0.0318. The molecule has 1 amide bonds. The van der Waals surface area contributed by atoms with Gasteiger partial charge in [-0.2, -0.15) is 0 Å². The van der Waals surface area contributed by atoms with Crippen molar-refractivity contribution in [3.63, 3.8) is 0 Å². The first-order valence-corrected chi connectivity index (χ1v) is 5.33. The molecule has 0 spiro atoms. The molecule has 0 aliphatic heterocycles. The molecule has 3 N–H and O–H groups in total. The van der Waals surface area contributed by atoms with E-state index in [0.29, 0.717) is 5.56 Å². The maximum atomic E-state index is 11.6. The molecule has 0 saturated heterocycles. The zero-order chi connectivity index (χ0) is 12.0. The summed E-state index contributed by atoms with van der Waals surface area (Å²) in [5.41, 5.74) is 1.73. The summed E-state index contributed by atoms with van der Waals surface area (Å²) in [4.78, 5) is 11.6. The normalized spacial score (nSPS) is 12.2. The van der Waals surface area contributed by atoms with Gasteiger partial charge in [0.05, 0.1) is 12.7 Å². The molecule has 0 aliphatic carbocycles. The molecular weight excluding hydrogens is 206 g/mol. The van der Waals surface area contributed by atoms with E-state index in [9.17, 15) is 4.79 Å². The molecule has 0 heterocycles. The van der Waals surface area contributed by atoms with Crippen LogP contribution < -0.4 is 5.32 Å². The first kappa shape index (κ1) is 12.7. The quantitative estimate of drug-likeness (QED) is 0.674. The molecule has 0 aromatic heterocycles. The zero-order valence-electron chi connectivity index (χ0n) is 9.31. The Morgan fingerprint density at radius 3 is 2.50 bits per heavy atom. The van der Waals surface area contributed by atoms with Crippen molar-refractivity contribution in [2.45, 2.75) is 19.4 Å². The average Bonchev–Trinajstić information content (AvgIpc) is 2.35. The molecule has 1 aromatic carbocycles. The van der Waals surface area contributed by atoms with Gasteiger partial charge < -0.3 is 15.5 Å². The third-order valence-corrected chi connectivity index (χ3v) is 2.33. The molecule has 0 aliphatic rings. The molecule has 1 atom stereocenters. The number of carbonyl (C=O) groups excluding carboxylic acids is 1. The Bertz CT molecular complexity index is 335. The number of nitrogens with one attached hydrogen (secondary N) is 1. The van der Waals surface area contributed by atoms with Crippen LogP contribution in [-0.4, -0.2) is 35.4 Å². The number of aliphatic hydroxyl groups excluding tert-OH is 2. The second-order valence-corrected chi connectivity index (χ2v) is 3.60. The Morgan fingerprint density at radius 2 is 2.00 bits per heavy atom. The van der Waals surface area contributed by atoms with Crippen LogP contribution in [0.1, 0.15) is 22.8 Å². The van der Waals surface area contributed by atoms with Crippen LogP contribution in [0, 0.1) is 0 Å². The molecular formula is C12H17NO3. The summed E-state index contributed by atoms with van der Waals surface area (Å²) in [7, 11) is 0. The molecule has 0 bridgehead atoms. The molecule has 4 nitrogen and oxygen atoms in total. The SMILES string of the molecule is CCc1ccc(C(=O)NC[C@@H](O)CO)cc1. The summed E-state index contributed by atoms with van der Waals surface area (Å²) in [6.45, 7) is 1.76. The highest BCUT2D eigenvalue weighted by Crippen LogP contribution is 2.04. The van der Waals surface area contributed by atoms with Crippen molar-refractivity contribution in [1.29, 1.82) is 0 Å². The Morgan fingerprint density at radius 1 is 1.38 bits per heavy atom. The van der Waals surface area contributed by atoms with E-state index in [-0.39, 0.29) is 19.1 Å². The Labute approximate surface area is 94.9 Å². The van der Waals surface area contributed by atoms with E-state index in [0.717, 1.165) is 6.42 Å². The van der Waals surface area contributed by atoms with Gasteiger partial charge in [-0.3, -0.25) is 4.79 Å². The van der Waals surface area contributed by atoms with Crippen molar-refractivity contribution in [1.82, 2.24) is 5.32 Å². The van der Waals surface area contributed by atoms with Gasteiger partial charge in [-0.1, -0.05) is 19.1 Å². The number of amides is 1. The third kappa shape index (κ3) is 3.64. The topological polar surface area (TPSA) is 69.6 Å². The second kappa shape index (κ2) is 6.25. The number of carbonyl (C=O) groups is 1. The molecule has 1 aromatic rings. The number of aliphatic hydroxyl groups is 2. The summed E-state index contributed by atoms with van der Waals surface area (Å²) < 4.78 is 0. The van der Waals surface area contributed by atoms with Crippen LogP contribution in [0.25, 0.3) is 0 Å². The maximum absolute atomic E-state index is 11.6. The van der Waals surface area contributed by atoms with Crippen LogP contribution in [0.2, 0.25) is 0 Å². The van der Waals surface area contributed by atoms with Gasteiger partial charge in [0.25, 0.3) is 5.91 Å². The Hall–Kier alpha value is -1.39. The van der Waals surface area contributed by atoms with Gasteiger partial charge >= 0.3 is 0 Å². The number of aryl methyl sites for hydroxylation is 1. The van der Waals surface area contributed by atoms with Crippen LogP contribution >= 0.6 is 0 Å². The summed E-state index contributed by atoms with van der Waals surface area (Å²) in [6, 6.07) is 7.30. The fourth-order valence-electron chi connectivity index (χ4n) is 1.27. The van der Waals surface area contributed by atoms with Crippen molar-refractivity contribution in [3.8, 4) is 0 Å². The average molecular weight is 223 g/mol. The van der Waals surface area contributed by atoms with E-state index in [4.69, 9.17) is 10.2 Å². The molecule has 1 rings (SSSR count). The van der Waals surface area contributed by atoms with Crippen molar-refractivity contribution in [2.75, 3.05) is 13.2 Å². The van der Waals surface area contributed by atoms with Gasteiger partial charge in [-0.25, -0.2) is 0 Å². The first-order valence-electron chi connectivity index (χ1n) is 5.33. The van der Waals surface area contributed by atoms with Gasteiger partial charge in [0, 0.05) is 12.1 Å². The van der Waals surface area contributed by atoms with Crippen molar-refractivity contribution in [2.24, 2.45) is 0 Å². The van der Waals surface area contributed by atoms with Crippen molar-refractivity contribution < 1.29 is 15.0 Å². The monoisotopic (exact) mass is 223 g/mol.